The average molecular weight is 414 g/mol. The highest BCUT2D eigenvalue weighted by Crippen LogP contribution is 2.36. The summed E-state index contributed by atoms with van der Waals surface area (Å²) in [4.78, 5) is 26.0. The van der Waals surface area contributed by atoms with Gasteiger partial charge in [0.15, 0.2) is 0 Å². The standard InChI is InChI=1S/C20H23N5O3S/c1-11-15-18(23-10-24-20(15)29-16(11)17(21)26)25-14-7-4-8-22-19(14)28-13-6-3-5-12(9-13)27-2/h4,7-8,10,12-13H,3,5-6,9H2,1-2H3,(H2,21,26)(H,23,24,25)/t12-,13+/m0/s1. The average Bonchev–Trinajstić information content (AvgIpc) is 3.07. The Morgan fingerprint density at radius 1 is 1.28 bits per heavy atom. The van der Waals surface area contributed by atoms with Crippen molar-refractivity contribution in [3.63, 3.8) is 0 Å². The van der Waals surface area contributed by atoms with Gasteiger partial charge in [-0.25, -0.2) is 15.0 Å². The molecule has 3 heterocycles. The van der Waals surface area contributed by atoms with Crippen LogP contribution in [0.25, 0.3) is 10.2 Å². The van der Waals surface area contributed by atoms with E-state index in [0.29, 0.717) is 27.1 Å². The molecule has 0 radical (unpaired) electrons. The van der Waals surface area contributed by atoms with Crippen molar-refractivity contribution >= 4 is 39.0 Å². The molecule has 3 N–H and O–H groups in total. The molecule has 0 spiro atoms. The number of hydrogen-bond donors (Lipinski definition) is 2. The SMILES string of the molecule is CO[C@H]1CCC[C@@H](Oc2ncccc2Nc2ncnc3sc(C(N)=O)c(C)c23)C1. The minimum Gasteiger partial charge on any atom is -0.473 e. The number of nitrogens with two attached hydrogens (primary N) is 1. The van der Waals surface area contributed by atoms with Gasteiger partial charge in [-0.2, -0.15) is 0 Å². The minimum absolute atomic E-state index is 0.0546. The van der Waals surface area contributed by atoms with E-state index in [1.807, 2.05) is 19.1 Å². The fraction of sp³-hybridized carbons (Fsp3) is 0.400. The molecule has 1 aliphatic rings. The van der Waals surface area contributed by atoms with Gasteiger partial charge in [0.1, 0.15) is 28.8 Å². The van der Waals surface area contributed by atoms with Crippen molar-refractivity contribution in [2.75, 3.05) is 12.4 Å². The lowest BCUT2D eigenvalue weighted by Crippen LogP contribution is -2.29. The van der Waals surface area contributed by atoms with E-state index in [-0.39, 0.29) is 12.2 Å². The van der Waals surface area contributed by atoms with Crippen molar-refractivity contribution in [3.8, 4) is 5.88 Å². The van der Waals surface area contributed by atoms with Crippen molar-refractivity contribution in [2.45, 2.75) is 44.8 Å². The number of carbonyl (C=O) groups is 1. The van der Waals surface area contributed by atoms with E-state index in [2.05, 4.69) is 20.3 Å². The van der Waals surface area contributed by atoms with Gasteiger partial charge in [0.05, 0.1) is 16.4 Å². The zero-order valence-electron chi connectivity index (χ0n) is 16.3. The number of anilines is 2. The number of aromatic nitrogens is 3. The Kier molecular flexibility index (Phi) is 5.59. The molecule has 2 atom stereocenters. The van der Waals surface area contributed by atoms with Crippen molar-refractivity contribution in [3.05, 3.63) is 35.1 Å². The molecular formula is C20H23N5O3S. The summed E-state index contributed by atoms with van der Waals surface area (Å²) in [7, 11) is 1.74. The number of nitrogens with one attached hydrogen (secondary N) is 1. The zero-order chi connectivity index (χ0) is 20.4. The van der Waals surface area contributed by atoms with Crippen LogP contribution in [0.3, 0.4) is 0 Å². The third-order valence-electron chi connectivity index (χ3n) is 5.16. The fourth-order valence-corrected chi connectivity index (χ4v) is 4.69. The quantitative estimate of drug-likeness (QED) is 0.635. The number of pyridine rings is 1. The second kappa shape index (κ2) is 8.30. The predicted octanol–water partition coefficient (Wildman–Crippen LogP) is 3.57. The molecule has 1 fully saturated rings. The number of primary amides is 1. The number of methoxy groups -OCH3 is 1. The molecule has 1 saturated carbocycles. The first kappa shape index (κ1) is 19.5. The number of thiophene rings is 1. The Balaban J connectivity index is 1.63. The van der Waals surface area contributed by atoms with E-state index in [1.165, 1.54) is 17.7 Å². The van der Waals surface area contributed by atoms with Crippen LogP contribution in [0.4, 0.5) is 11.5 Å². The van der Waals surface area contributed by atoms with E-state index in [4.69, 9.17) is 15.2 Å². The molecule has 29 heavy (non-hydrogen) atoms. The van der Waals surface area contributed by atoms with Crippen molar-refractivity contribution in [2.24, 2.45) is 5.73 Å². The predicted molar refractivity (Wildman–Crippen MR) is 112 cm³/mol. The fourth-order valence-electron chi connectivity index (χ4n) is 3.69. The highest BCUT2D eigenvalue weighted by atomic mass is 32.1. The van der Waals surface area contributed by atoms with Gasteiger partial charge in [-0.05, 0) is 43.9 Å². The smallest absolute Gasteiger partial charge is 0.259 e. The van der Waals surface area contributed by atoms with Gasteiger partial charge in [-0.3, -0.25) is 4.79 Å². The maximum Gasteiger partial charge on any atom is 0.259 e. The Bertz CT molecular complexity index is 1040. The van der Waals surface area contributed by atoms with Crippen LogP contribution in [0.1, 0.15) is 40.9 Å². The molecule has 0 bridgehead atoms. The number of hydrogen-bond acceptors (Lipinski definition) is 8. The van der Waals surface area contributed by atoms with E-state index >= 15 is 0 Å². The maximum atomic E-state index is 11.7. The van der Waals surface area contributed by atoms with Crippen LogP contribution in [0, 0.1) is 6.92 Å². The highest BCUT2D eigenvalue weighted by molar-refractivity contribution is 7.20. The Morgan fingerprint density at radius 3 is 2.90 bits per heavy atom. The lowest BCUT2D eigenvalue weighted by molar-refractivity contribution is 0.0198. The number of fused-ring (bicyclic) bond motifs is 1. The van der Waals surface area contributed by atoms with Gasteiger partial charge in [0, 0.05) is 19.7 Å². The van der Waals surface area contributed by atoms with Gasteiger partial charge in [0.25, 0.3) is 5.91 Å². The number of amides is 1. The molecule has 4 rings (SSSR count). The lowest BCUT2D eigenvalue weighted by atomic mass is 9.95. The van der Waals surface area contributed by atoms with Crippen molar-refractivity contribution in [1.82, 2.24) is 15.0 Å². The Hall–Kier alpha value is -2.78. The van der Waals surface area contributed by atoms with Crippen LogP contribution in [-0.4, -0.2) is 40.2 Å². The normalized spacial score (nSPS) is 19.2. The van der Waals surface area contributed by atoms with Crippen LogP contribution in [0.15, 0.2) is 24.7 Å². The second-order valence-corrected chi connectivity index (χ2v) is 8.07. The zero-order valence-corrected chi connectivity index (χ0v) is 17.2. The van der Waals surface area contributed by atoms with E-state index < -0.39 is 5.91 Å². The van der Waals surface area contributed by atoms with Gasteiger partial charge in [-0.1, -0.05) is 0 Å². The maximum absolute atomic E-state index is 11.7. The summed E-state index contributed by atoms with van der Waals surface area (Å²) in [6.45, 7) is 1.85. The first-order valence-electron chi connectivity index (χ1n) is 9.52. The third kappa shape index (κ3) is 4.01. The molecule has 3 aromatic rings. The first-order chi connectivity index (χ1) is 14.1. The largest absolute Gasteiger partial charge is 0.473 e. The molecule has 8 nitrogen and oxygen atoms in total. The summed E-state index contributed by atoms with van der Waals surface area (Å²) < 4.78 is 11.7. The molecule has 0 aliphatic heterocycles. The Labute approximate surface area is 172 Å². The van der Waals surface area contributed by atoms with Gasteiger partial charge in [-0.15, -0.1) is 11.3 Å². The van der Waals surface area contributed by atoms with Crippen molar-refractivity contribution < 1.29 is 14.3 Å². The number of aryl methyl sites for hydroxylation is 1. The van der Waals surface area contributed by atoms with Crippen LogP contribution in [0.5, 0.6) is 5.88 Å². The summed E-state index contributed by atoms with van der Waals surface area (Å²) >= 11 is 1.27. The molecule has 3 aromatic heterocycles. The Morgan fingerprint density at radius 2 is 2.10 bits per heavy atom. The monoisotopic (exact) mass is 413 g/mol. The topological polar surface area (TPSA) is 112 Å². The van der Waals surface area contributed by atoms with Gasteiger partial charge < -0.3 is 20.5 Å². The summed E-state index contributed by atoms with van der Waals surface area (Å²) in [5, 5.41) is 4.08. The van der Waals surface area contributed by atoms with Crippen LogP contribution in [-0.2, 0) is 4.74 Å². The molecule has 1 amide bonds. The van der Waals surface area contributed by atoms with Crippen LogP contribution >= 0.6 is 11.3 Å². The molecule has 152 valence electrons. The third-order valence-corrected chi connectivity index (χ3v) is 6.38. The first-order valence-corrected chi connectivity index (χ1v) is 10.3. The van der Waals surface area contributed by atoms with E-state index in [0.717, 1.165) is 36.6 Å². The highest BCUT2D eigenvalue weighted by Gasteiger charge is 2.25. The molecule has 0 unspecified atom stereocenters. The van der Waals surface area contributed by atoms with Crippen molar-refractivity contribution in [1.29, 1.82) is 0 Å². The van der Waals surface area contributed by atoms with Gasteiger partial charge in [0.2, 0.25) is 5.88 Å². The molecule has 1 aliphatic carbocycles. The van der Waals surface area contributed by atoms with Crippen LogP contribution < -0.4 is 15.8 Å². The molecular weight excluding hydrogens is 390 g/mol. The number of carbonyl (C=O) groups excluding carboxylic acids is 1. The second-order valence-electron chi connectivity index (χ2n) is 7.07. The summed E-state index contributed by atoms with van der Waals surface area (Å²) in [5.41, 5.74) is 6.97. The molecule has 0 aromatic carbocycles. The lowest BCUT2D eigenvalue weighted by Gasteiger charge is -2.28. The van der Waals surface area contributed by atoms with Gasteiger partial charge >= 0.3 is 0 Å². The van der Waals surface area contributed by atoms with Crippen LogP contribution in [0.2, 0.25) is 0 Å². The molecule has 9 heteroatoms. The summed E-state index contributed by atoms with van der Waals surface area (Å²) in [5.74, 6) is 0.642. The number of rotatable bonds is 6. The minimum atomic E-state index is -0.466. The number of ether oxygens (including phenoxy) is 2. The molecule has 0 saturated heterocycles. The summed E-state index contributed by atoms with van der Waals surface area (Å²) in [6, 6.07) is 3.73. The van der Waals surface area contributed by atoms with E-state index in [1.54, 1.807) is 13.3 Å². The van der Waals surface area contributed by atoms with E-state index in [9.17, 15) is 4.79 Å². The number of nitrogens with zero attached hydrogens (tertiary/aromatic N) is 3. The summed E-state index contributed by atoms with van der Waals surface area (Å²) in [6.07, 6.45) is 7.38.